The number of phenolic OH excluding ortho intramolecular Hbond substituents is 1. The molecule has 0 amide bonds. The first-order valence-corrected chi connectivity index (χ1v) is 11.7. The van der Waals surface area contributed by atoms with Gasteiger partial charge in [-0.15, -0.1) is 11.3 Å². The van der Waals surface area contributed by atoms with Crippen LogP contribution in [0.4, 0.5) is 0 Å². The van der Waals surface area contributed by atoms with Gasteiger partial charge in [0.25, 0.3) is 5.56 Å². The second kappa shape index (κ2) is 7.29. The second-order valence-corrected chi connectivity index (χ2v) is 9.63. The summed E-state index contributed by atoms with van der Waals surface area (Å²) in [5.74, 6) is 0.00619. The zero-order valence-corrected chi connectivity index (χ0v) is 17.6. The Morgan fingerprint density at radius 2 is 1.90 bits per heavy atom. The number of thiophene rings is 1. The SMILES string of the molecule is CCNS(=O)(=O)Cc1ccc(-c2c(O)cc(C)c3[nH]c(=O)c4sccc4c23)cc1. The summed E-state index contributed by atoms with van der Waals surface area (Å²) < 4.78 is 27.1. The number of phenols is 1. The largest absolute Gasteiger partial charge is 0.507 e. The molecule has 2 aromatic heterocycles. The fourth-order valence-electron chi connectivity index (χ4n) is 3.63. The highest BCUT2D eigenvalue weighted by Gasteiger charge is 2.18. The zero-order valence-electron chi connectivity index (χ0n) is 15.9. The number of benzene rings is 2. The van der Waals surface area contributed by atoms with E-state index in [1.54, 1.807) is 37.3 Å². The van der Waals surface area contributed by atoms with Crippen molar-refractivity contribution in [1.82, 2.24) is 9.71 Å². The summed E-state index contributed by atoms with van der Waals surface area (Å²) in [4.78, 5) is 15.3. The Bertz CT molecular complexity index is 1380. The van der Waals surface area contributed by atoms with Crippen LogP contribution in [0.5, 0.6) is 5.75 Å². The summed E-state index contributed by atoms with van der Waals surface area (Å²) in [5.41, 5.74) is 3.33. The number of H-pyrrole nitrogens is 1. The predicted octanol–water partition coefficient (Wildman–Crippen LogP) is 3.86. The predicted molar refractivity (Wildman–Crippen MR) is 118 cm³/mol. The average Bonchev–Trinajstić information content (AvgIpc) is 3.14. The first kappa shape index (κ1) is 19.6. The van der Waals surface area contributed by atoms with E-state index in [4.69, 9.17) is 0 Å². The second-order valence-electron chi connectivity index (χ2n) is 6.91. The molecule has 4 rings (SSSR count). The third kappa shape index (κ3) is 3.55. The third-order valence-electron chi connectivity index (χ3n) is 4.85. The molecule has 150 valence electrons. The topological polar surface area (TPSA) is 99.3 Å². The summed E-state index contributed by atoms with van der Waals surface area (Å²) in [6, 6.07) is 10.6. The van der Waals surface area contributed by atoms with E-state index in [0.29, 0.717) is 27.9 Å². The highest BCUT2D eigenvalue weighted by Crippen LogP contribution is 2.41. The van der Waals surface area contributed by atoms with Crippen LogP contribution in [0.15, 0.2) is 46.6 Å². The van der Waals surface area contributed by atoms with Crippen molar-refractivity contribution in [3.05, 3.63) is 63.3 Å². The standard InChI is InChI=1S/C21H20N2O4S2/c1-3-22-29(26,27)11-13-4-6-14(7-5-13)17-16(24)10-12(2)19-18(17)15-8-9-28-20(15)21(25)23-19/h4-10,22,24H,3,11H2,1-2H3,(H,23,25). The first-order chi connectivity index (χ1) is 13.8. The van der Waals surface area contributed by atoms with Gasteiger partial charge in [0, 0.05) is 22.9 Å². The van der Waals surface area contributed by atoms with Gasteiger partial charge in [-0.3, -0.25) is 4.79 Å². The van der Waals surface area contributed by atoms with Crippen molar-refractivity contribution in [2.24, 2.45) is 0 Å². The Kier molecular flexibility index (Phi) is 4.94. The number of nitrogens with one attached hydrogen (secondary N) is 2. The summed E-state index contributed by atoms with van der Waals surface area (Å²) in [6.45, 7) is 3.93. The Morgan fingerprint density at radius 3 is 2.59 bits per heavy atom. The number of sulfonamides is 1. The molecule has 0 aliphatic carbocycles. The number of aromatic hydroxyl groups is 1. The van der Waals surface area contributed by atoms with Crippen molar-refractivity contribution >= 4 is 42.3 Å². The molecule has 2 aromatic carbocycles. The molecule has 0 atom stereocenters. The summed E-state index contributed by atoms with van der Waals surface area (Å²) >= 11 is 1.36. The molecule has 0 aliphatic heterocycles. The Labute approximate surface area is 171 Å². The minimum atomic E-state index is -3.37. The highest BCUT2D eigenvalue weighted by atomic mass is 32.2. The van der Waals surface area contributed by atoms with E-state index < -0.39 is 10.0 Å². The maximum absolute atomic E-state index is 12.4. The van der Waals surface area contributed by atoms with Gasteiger partial charge < -0.3 is 10.1 Å². The Hall–Kier alpha value is -2.68. The number of aromatic nitrogens is 1. The van der Waals surface area contributed by atoms with Crippen LogP contribution in [0.3, 0.4) is 0 Å². The normalized spacial score (nSPS) is 12.1. The van der Waals surface area contributed by atoms with Crippen molar-refractivity contribution < 1.29 is 13.5 Å². The van der Waals surface area contributed by atoms with Crippen LogP contribution >= 0.6 is 11.3 Å². The summed E-state index contributed by atoms with van der Waals surface area (Å²) in [5, 5.41) is 14.2. The molecule has 0 radical (unpaired) electrons. The molecule has 29 heavy (non-hydrogen) atoms. The van der Waals surface area contributed by atoms with Gasteiger partial charge in [-0.2, -0.15) is 0 Å². The summed E-state index contributed by atoms with van der Waals surface area (Å²) in [7, 11) is -3.37. The lowest BCUT2D eigenvalue weighted by Gasteiger charge is -2.13. The van der Waals surface area contributed by atoms with E-state index >= 15 is 0 Å². The quantitative estimate of drug-likeness (QED) is 0.449. The molecule has 0 spiro atoms. The van der Waals surface area contributed by atoms with Crippen LogP contribution in [0.25, 0.3) is 32.1 Å². The molecule has 0 fully saturated rings. The molecule has 3 N–H and O–H groups in total. The number of hydrogen-bond acceptors (Lipinski definition) is 5. The van der Waals surface area contributed by atoms with Crippen LogP contribution in [0.1, 0.15) is 18.1 Å². The monoisotopic (exact) mass is 428 g/mol. The van der Waals surface area contributed by atoms with Crippen molar-refractivity contribution in [3.8, 4) is 16.9 Å². The minimum Gasteiger partial charge on any atom is -0.507 e. The molecule has 2 heterocycles. The smallest absolute Gasteiger partial charge is 0.266 e. The minimum absolute atomic E-state index is 0.107. The number of aromatic amines is 1. The molecule has 6 nitrogen and oxygen atoms in total. The van der Waals surface area contributed by atoms with Crippen LogP contribution in [0, 0.1) is 6.92 Å². The molecular formula is C21H20N2O4S2. The van der Waals surface area contributed by atoms with E-state index in [9.17, 15) is 18.3 Å². The zero-order chi connectivity index (χ0) is 20.8. The fraction of sp³-hybridized carbons (Fsp3) is 0.190. The Balaban J connectivity index is 1.90. The molecule has 4 aromatic rings. The van der Waals surface area contributed by atoms with Crippen molar-refractivity contribution in [1.29, 1.82) is 0 Å². The average molecular weight is 429 g/mol. The molecule has 0 aliphatic rings. The van der Waals surface area contributed by atoms with Crippen LogP contribution in [-0.2, 0) is 15.8 Å². The number of hydrogen-bond donors (Lipinski definition) is 3. The summed E-state index contributed by atoms with van der Waals surface area (Å²) in [6.07, 6.45) is 0. The van der Waals surface area contributed by atoms with Gasteiger partial charge in [-0.1, -0.05) is 31.2 Å². The van der Waals surface area contributed by atoms with E-state index in [1.165, 1.54) is 11.3 Å². The molecule has 0 saturated carbocycles. The first-order valence-electron chi connectivity index (χ1n) is 9.13. The van der Waals surface area contributed by atoms with Crippen molar-refractivity contribution in [2.45, 2.75) is 19.6 Å². The van der Waals surface area contributed by atoms with Gasteiger partial charge in [0.15, 0.2) is 0 Å². The van der Waals surface area contributed by atoms with Gasteiger partial charge in [0.2, 0.25) is 10.0 Å². The fourth-order valence-corrected chi connectivity index (χ4v) is 5.60. The molecule has 0 saturated heterocycles. The van der Waals surface area contributed by atoms with Crippen molar-refractivity contribution in [3.63, 3.8) is 0 Å². The van der Waals surface area contributed by atoms with E-state index in [0.717, 1.165) is 21.9 Å². The maximum Gasteiger partial charge on any atom is 0.266 e. The van der Waals surface area contributed by atoms with E-state index in [2.05, 4.69) is 9.71 Å². The Morgan fingerprint density at radius 1 is 1.17 bits per heavy atom. The maximum atomic E-state index is 12.4. The highest BCUT2D eigenvalue weighted by molar-refractivity contribution is 7.88. The number of fused-ring (bicyclic) bond motifs is 3. The van der Waals surface area contributed by atoms with E-state index in [-0.39, 0.29) is 17.1 Å². The van der Waals surface area contributed by atoms with Crippen molar-refractivity contribution in [2.75, 3.05) is 6.54 Å². The number of aryl methyl sites for hydroxylation is 1. The third-order valence-corrected chi connectivity index (χ3v) is 7.20. The number of pyridine rings is 1. The number of rotatable bonds is 5. The van der Waals surface area contributed by atoms with Crippen LogP contribution in [0.2, 0.25) is 0 Å². The van der Waals surface area contributed by atoms with Gasteiger partial charge >= 0.3 is 0 Å². The molecule has 8 heteroatoms. The lowest BCUT2D eigenvalue weighted by atomic mass is 9.94. The molecule has 0 bridgehead atoms. The van der Waals surface area contributed by atoms with E-state index in [1.807, 2.05) is 18.4 Å². The lowest BCUT2D eigenvalue weighted by Crippen LogP contribution is -2.24. The van der Waals surface area contributed by atoms with Gasteiger partial charge in [-0.05, 0) is 41.1 Å². The van der Waals surface area contributed by atoms with Gasteiger partial charge in [0.05, 0.1) is 11.3 Å². The van der Waals surface area contributed by atoms with Crippen LogP contribution in [-0.4, -0.2) is 25.1 Å². The van der Waals surface area contributed by atoms with Gasteiger partial charge in [-0.25, -0.2) is 13.1 Å². The lowest BCUT2D eigenvalue weighted by molar-refractivity contribution is 0.477. The molecule has 0 unspecified atom stereocenters. The van der Waals surface area contributed by atoms with Gasteiger partial charge in [0.1, 0.15) is 10.4 Å². The molecular weight excluding hydrogens is 408 g/mol. The van der Waals surface area contributed by atoms with Crippen LogP contribution < -0.4 is 10.3 Å².